The van der Waals surface area contributed by atoms with Crippen LogP contribution in [0.3, 0.4) is 0 Å². The van der Waals surface area contributed by atoms with Gasteiger partial charge in [0.25, 0.3) is 0 Å². The first-order chi connectivity index (χ1) is 7.78. The van der Waals surface area contributed by atoms with Crippen LogP contribution in [0.5, 0.6) is 0 Å². The van der Waals surface area contributed by atoms with Crippen molar-refractivity contribution in [1.29, 1.82) is 0 Å². The van der Waals surface area contributed by atoms with Crippen LogP contribution in [0.1, 0.15) is 38.8 Å². The summed E-state index contributed by atoms with van der Waals surface area (Å²) in [4.78, 5) is 11.0. The summed E-state index contributed by atoms with van der Waals surface area (Å²) in [6.07, 6.45) is 1.38. The number of rotatable bonds is 1. The number of hydrogen-bond donors (Lipinski definition) is 1. The Balaban J connectivity index is 2.73. The van der Waals surface area contributed by atoms with Crippen LogP contribution in [-0.4, -0.2) is 11.1 Å². The van der Waals surface area contributed by atoms with E-state index in [0.29, 0.717) is 0 Å². The van der Waals surface area contributed by atoms with Crippen molar-refractivity contribution < 1.29 is 9.90 Å². The monoisotopic (exact) mass is 230 g/mol. The highest BCUT2D eigenvalue weighted by molar-refractivity contribution is 5.83. The molecular formula is C15H18O2. The van der Waals surface area contributed by atoms with E-state index in [2.05, 4.69) is 39.8 Å². The SMILES string of the molecule is CC1(C)C(=CC(=O)O)C(C)(C)c2ccccc21. The summed E-state index contributed by atoms with van der Waals surface area (Å²) in [5.41, 5.74) is 3.02. The van der Waals surface area contributed by atoms with Crippen LogP contribution < -0.4 is 0 Å². The Bertz CT molecular complexity index is 470. The molecule has 2 heteroatoms. The number of aliphatic carboxylic acids is 1. The fraction of sp³-hybridized carbons (Fsp3) is 0.400. The fourth-order valence-corrected chi connectivity index (χ4v) is 3.13. The molecule has 0 saturated carbocycles. The first kappa shape index (κ1) is 11.9. The van der Waals surface area contributed by atoms with Crippen LogP contribution in [0.2, 0.25) is 0 Å². The average molecular weight is 230 g/mol. The summed E-state index contributed by atoms with van der Waals surface area (Å²) in [5, 5.41) is 9.04. The van der Waals surface area contributed by atoms with Gasteiger partial charge >= 0.3 is 5.97 Å². The molecule has 1 aliphatic rings. The predicted octanol–water partition coefficient (Wildman–Crippen LogP) is 3.27. The van der Waals surface area contributed by atoms with Crippen molar-refractivity contribution in [2.24, 2.45) is 0 Å². The highest BCUT2D eigenvalue weighted by atomic mass is 16.4. The number of carbonyl (C=O) groups is 1. The zero-order valence-electron chi connectivity index (χ0n) is 10.7. The topological polar surface area (TPSA) is 37.3 Å². The van der Waals surface area contributed by atoms with Gasteiger partial charge in [0.05, 0.1) is 0 Å². The lowest BCUT2D eigenvalue weighted by atomic mass is 9.75. The minimum Gasteiger partial charge on any atom is -0.478 e. The molecule has 0 bridgehead atoms. The van der Waals surface area contributed by atoms with Crippen LogP contribution in [0.4, 0.5) is 0 Å². The lowest BCUT2D eigenvalue weighted by Crippen LogP contribution is -2.24. The Morgan fingerprint density at radius 2 is 1.47 bits per heavy atom. The van der Waals surface area contributed by atoms with E-state index < -0.39 is 5.97 Å². The normalized spacial score (nSPS) is 19.9. The number of hydrogen-bond acceptors (Lipinski definition) is 1. The smallest absolute Gasteiger partial charge is 0.328 e. The Labute approximate surface area is 102 Å². The van der Waals surface area contributed by atoms with Gasteiger partial charge in [-0.25, -0.2) is 4.79 Å². The van der Waals surface area contributed by atoms with E-state index in [1.54, 1.807) is 0 Å². The average Bonchev–Trinajstić information content (AvgIpc) is 2.38. The molecule has 90 valence electrons. The van der Waals surface area contributed by atoms with E-state index in [4.69, 9.17) is 5.11 Å². The van der Waals surface area contributed by atoms with Gasteiger partial charge in [0, 0.05) is 16.9 Å². The van der Waals surface area contributed by atoms with Crippen LogP contribution in [0.15, 0.2) is 35.9 Å². The molecule has 1 aromatic rings. The van der Waals surface area contributed by atoms with Crippen molar-refractivity contribution in [3.05, 3.63) is 47.0 Å². The Morgan fingerprint density at radius 1 is 1.06 bits per heavy atom. The van der Waals surface area contributed by atoms with Crippen molar-refractivity contribution in [3.8, 4) is 0 Å². The molecule has 1 aliphatic carbocycles. The van der Waals surface area contributed by atoms with Crippen LogP contribution in [0, 0.1) is 0 Å². The summed E-state index contributed by atoms with van der Waals surface area (Å²) >= 11 is 0. The number of fused-ring (bicyclic) bond motifs is 1. The molecule has 0 saturated heterocycles. The van der Waals surface area contributed by atoms with Crippen LogP contribution >= 0.6 is 0 Å². The van der Waals surface area contributed by atoms with Crippen LogP contribution in [0.25, 0.3) is 0 Å². The maximum Gasteiger partial charge on any atom is 0.328 e. The van der Waals surface area contributed by atoms with E-state index in [-0.39, 0.29) is 10.8 Å². The van der Waals surface area contributed by atoms with Crippen LogP contribution in [-0.2, 0) is 15.6 Å². The maximum atomic E-state index is 11.0. The second kappa shape index (κ2) is 3.46. The highest BCUT2D eigenvalue weighted by Crippen LogP contribution is 2.53. The minimum absolute atomic E-state index is 0.210. The van der Waals surface area contributed by atoms with Gasteiger partial charge in [-0.15, -0.1) is 0 Å². The van der Waals surface area contributed by atoms with Gasteiger partial charge in [0.2, 0.25) is 0 Å². The molecule has 0 aliphatic heterocycles. The number of benzene rings is 1. The summed E-state index contributed by atoms with van der Waals surface area (Å²) in [6.45, 7) is 8.37. The van der Waals surface area contributed by atoms with Crippen molar-refractivity contribution in [2.75, 3.05) is 0 Å². The van der Waals surface area contributed by atoms with Gasteiger partial charge < -0.3 is 5.11 Å². The first-order valence-electron chi connectivity index (χ1n) is 5.83. The Kier molecular flexibility index (Phi) is 2.42. The lowest BCUT2D eigenvalue weighted by molar-refractivity contribution is -0.131. The third-order valence-corrected chi connectivity index (χ3v) is 3.89. The van der Waals surface area contributed by atoms with Crippen molar-refractivity contribution in [2.45, 2.75) is 38.5 Å². The number of carboxylic acid groups (broad SMARTS) is 1. The van der Waals surface area contributed by atoms with Gasteiger partial charge in [-0.1, -0.05) is 52.0 Å². The maximum absolute atomic E-state index is 11.0. The minimum atomic E-state index is -0.867. The van der Waals surface area contributed by atoms with Gasteiger partial charge in [-0.2, -0.15) is 0 Å². The van der Waals surface area contributed by atoms with E-state index >= 15 is 0 Å². The standard InChI is InChI=1S/C15H18O2/c1-14(2)10-7-5-6-8-11(10)15(3,4)12(14)9-13(16)17/h5-9H,1-4H3,(H,16,17). The molecule has 0 atom stereocenters. The zero-order valence-corrected chi connectivity index (χ0v) is 10.7. The molecule has 2 rings (SSSR count). The molecule has 0 unspecified atom stereocenters. The predicted molar refractivity (Wildman–Crippen MR) is 68.2 cm³/mol. The number of carboxylic acids is 1. The largest absolute Gasteiger partial charge is 0.478 e. The fourth-order valence-electron chi connectivity index (χ4n) is 3.13. The second-order valence-electron chi connectivity index (χ2n) is 5.69. The highest BCUT2D eigenvalue weighted by Gasteiger charge is 2.46. The van der Waals surface area contributed by atoms with Gasteiger partial charge in [0.1, 0.15) is 0 Å². The molecule has 0 fully saturated rings. The molecule has 1 aromatic carbocycles. The van der Waals surface area contributed by atoms with Gasteiger partial charge in [-0.3, -0.25) is 0 Å². The summed E-state index contributed by atoms with van der Waals surface area (Å²) in [5.74, 6) is -0.867. The molecule has 0 amide bonds. The van der Waals surface area contributed by atoms with E-state index in [1.165, 1.54) is 17.2 Å². The Hall–Kier alpha value is -1.57. The summed E-state index contributed by atoms with van der Waals surface area (Å²) in [7, 11) is 0. The lowest BCUT2D eigenvalue weighted by Gasteiger charge is -2.28. The van der Waals surface area contributed by atoms with E-state index in [9.17, 15) is 4.79 Å². The second-order valence-corrected chi connectivity index (χ2v) is 5.69. The number of allylic oxidation sites excluding steroid dienone is 1. The molecule has 0 aromatic heterocycles. The van der Waals surface area contributed by atoms with Crippen molar-refractivity contribution >= 4 is 5.97 Å². The summed E-state index contributed by atoms with van der Waals surface area (Å²) in [6, 6.07) is 8.22. The Morgan fingerprint density at radius 3 is 1.82 bits per heavy atom. The molecular weight excluding hydrogens is 212 g/mol. The molecule has 0 heterocycles. The third kappa shape index (κ3) is 1.59. The first-order valence-corrected chi connectivity index (χ1v) is 5.83. The van der Waals surface area contributed by atoms with Gasteiger partial charge in [-0.05, 0) is 16.7 Å². The van der Waals surface area contributed by atoms with Crippen molar-refractivity contribution in [1.82, 2.24) is 0 Å². The zero-order chi connectivity index (χ0) is 12.8. The molecule has 1 N–H and O–H groups in total. The van der Waals surface area contributed by atoms with Gasteiger partial charge in [0.15, 0.2) is 0 Å². The van der Waals surface area contributed by atoms with Crippen molar-refractivity contribution in [3.63, 3.8) is 0 Å². The molecule has 17 heavy (non-hydrogen) atoms. The summed E-state index contributed by atoms with van der Waals surface area (Å²) < 4.78 is 0. The van der Waals surface area contributed by atoms with E-state index in [1.807, 2.05) is 12.1 Å². The third-order valence-electron chi connectivity index (χ3n) is 3.89. The van der Waals surface area contributed by atoms with E-state index in [0.717, 1.165) is 5.57 Å². The quantitative estimate of drug-likeness (QED) is 0.752. The molecule has 0 radical (unpaired) electrons. The molecule has 0 spiro atoms. The molecule has 2 nitrogen and oxygen atoms in total.